The van der Waals surface area contributed by atoms with Crippen molar-refractivity contribution in [1.29, 1.82) is 0 Å². The van der Waals surface area contributed by atoms with E-state index in [9.17, 15) is 0 Å². The molecule has 1 aliphatic carbocycles. The molecule has 0 amide bonds. The topological polar surface area (TPSA) is 28.2 Å². The third kappa shape index (κ3) is 3.27. The van der Waals surface area contributed by atoms with Gasteiger partial charge in [-0.1, -0.05) is 25.8 Å². The van der Waals surface area contributed by atoms with Crippen molar-refractivity contribution in [2.45, 2.75) is 51.6 Å². The van der Waals surface area contributed by atoms with Crippen molar-refractivity contribution in [2.75, 3.05) is 19.0 Å². The number of anilines is 1. The smallest absolute Gasteiger partial charge is 0.128 e. The summed E-state index contributed by atoms with van der Waals surface area (Å²) >= 11 is 0. The van der Waals surface area contributed by atoms with Gasteiger partial charge in [0.05, 0.1) is 0 Å². The molecule has 1 heterocycles. The number of rotatable bonds is 4. The monoisotopic (exact) mass is 261 g/mol. The van der Waals surface area contributed by atoms with Crippen LogP contribution >= 0.6 is 0 Å². The molecule has 19 heavy (non-hydrogen) atoms. The molecule has 3 heteroatoms. The minimum absolute atomic E-state index is 0.362. The van der Waals surface area contributed by atoms with Crippen molar-refractivity contribution in [3.63, 3.8) is 0 Å². The zero-order valence-corrected chi connectivity index (χ0v) is 12.7. The SMILES string of the molecule is CNC(C)c1ccc(N(C)C2CCCCC2C)nc1. The molecule has 0 saturated heterocycles. The molecule has 0 spiro atoms. The van der Waals surface area contributed by atoms with Crippen LogP contribution in [0.2, 0.25) is 0 Å². The van der Waals surface area contributed by atoms with Gasteiger partial charge in [-0.3, -0.25) is 0 Å². The minimum atomic E-state index is 0.362. The van der Waals surface area contributed by atoms with Gasteiger partial charge in [-0.25, -0.2) is 4.98 Å². The molecule has 1 N–H and O–H groups in total. The average Bonchev–Trinajstić information content (AvgIpc) is 2.46. The summed E-state index contributed by atoms with van der Waals surface area (Å²) < 4.78 is 0. The largest absolute Gasteiger partial charge is 0.356 e. The molecule has 3 nitrogen and oxygen atoms in total. The molecular weight excluding hydrogens is 234 g/mol. The summed E-state index contributed by atoms with van der Waals surface area (Å²) in [7, 11) is 4.17. The van der Waals surface area contributed by atoms with E-state index in [1.807, 2.05) is 13.2 Å². The van der Waals surface area contributed by atoms with E-state index in [0.717, 1.165) is 11.7 Å². The van der Waals surface area contributed by atoms with Crippen LogP contribution in [-0.4, -0.2) is 25.1 Å². The second kappa shape index (κ2) is 6.38. The van der Waals surface area contributed by atoms with Crippen LogP contribution in [0.5, 0.6) is 0 Å². The standard InChI is InChI=1S/C16H27N3/c1-12-7-5-6-8-15(12)19(4)16-10-9-14(11-18-16)13(2)17-3/h9-13,15,17H,5-8H2,1-4H3. The lowest BCUT2D eigenvalue weighted by Crippen LogP contribution is -2.39. The lowest BCUT2D eigenvalue weighted by Gasteiger charge is -2.37. The summed E-state index contributed by atoms with van der Waals surface area (Å²) in [6.45, 7) is 4.53. The normalized spacial score (nSPS) is 25.1. The molecule has 0 aromatic carbocycles. The Morgan fingerprint density at radius 3 is 2.63 bits per heavy atom. The van der Waals surface area contributed by atoms with E-state index in [-0.39, 0.29) is 0 Å². The lowest BCUT2D eigenvalue weighted by molar-refractivity contribution is 0.320. The van der Waals surface area contributed by atoms with Gasteiger partial charge in [0.25, 0.3) is 0 Å². The fraction of sp³-hybridized carbons (Fsp3) is 0.688. The van der Waals surface area contributed by atoms with Gasteiger partial charge in [0.2, 0.25) is 0 Å². The molecule has 106 valence electrons. The molecule has 0 aliphatic heterocycles. The zero-order chi connectivity index (χ0) is 13.8. The molecule has 2 rings (SSSR count). The van der Waals surface area contributed by atoms with Crippen molar-refractivity contribution in [3.8, 4) is 0 Å². The van der Waals surface area contributed by atoms with Crippen LogP contribution in [0.1, 0.15) is 51.1 Å². The predicted molar refractivity (Wildman–Crippen MR) is 81.5 cm³/mol. The van der Waals surface area contributed by atoms with Crippen molar-refractivity contribution in [1.82, 2.24) is 10.3 Å². The van der Waals surface area contributed by atoms with Crippen molar-refractivity contribution >= 4 is 5.82 Å². The predicted octanol–water partition coefficient (Wildman–Crippen LogP) is 3.38. The summed E-state index contributed by atoms with van der Waals surface area (Å²) in [5.41, 5.74) is 1.25. The van der Waals surface area contributed by atoms with E-state index in [2.05, 4.69) is 48.2 Å². The zero-order valence-electron chi connectivity index (χ0n) is 12.7. The molecule has 1 saturated carbocycles. The summed E-state index contributed by atoms with van der Waals surface area (Å²) in [5, 5.41) is 3.25. The van der Waals surface area contributed by atoms with Crippen molar-refractivity contribution < 1.29 is 0 Å². The van der Waals surface area contributed by atoms with Crippen molar-refractivity contribution in [3.05, 3.63) is 23.9 Å². The highest BCUT2D eigenvalue weighted by molar-refractivity contribution is 5.40. The van der Waals surface area contributed by atoms with Gasteiger partial charge in [0, 0.05) is 25.3 Å². The van der Waals surface area contributed by atoms with Crippen LogP contribution in [0.3, 0.4) is 0 Å². The summed E-state index contributed by atoms with van der Waals surface area (Å²) in [5.74, 6) is 1.88. The van der Waals surface area contributed by atoms with E-state index in [1.54, 1.807) is 0 Å². The maximum absolute atomic E-state index is 4.64. The molecule has 1 fully saturated rings. The Labute approximate surface area is 117 Å². The van der Waals surface area contributed by atoms with Crippen LogP contribution in [-0.2, 0) is 0 Å². The Morgan fingerprint density at radius 1 is 1.32 bits per heavy atom. The van der Waals surface area contributed by atoms with Gasteiger partial charge in [-0.2, -0.15) is 0 Å². The van der Waals surface area contributed by atoms with E-state index < -0.39 is 0 Å². The molecule has 0 radical (unpaired) electrons. The van der Waals surface area contributed by atoms with E-state index in [1.165, 1.54) is 31.2 Å². The molecule has 3 atom stereocenters. The third-order valence-electron chi connectivity index (χ3n) is 4.63. The number of hydrogen-bond acceptors (Lipinski definition) is 3. The Morgan fingerprint density at radius 2 is 2.05 bits per heavy atom. The van der Waals surface area contributed by atoms with E-state index in [4.69, 9.17) is 0 Å². The Hall–Kier alpha value is -1.09. The van der Waals surface area contributed by atoms with E-state index >= 15 is 0 Å². The highest BCUT2D eigenvalue weighted by Crippen LogP contribution is 2.29. The highest BCUT2D eigenvalue weighted by Gasteiger charge is 2.25. The summed E-state index contributed by atoms with van der Waals surface area (Å²) in [6.07, 6.45) is 7.39. The number of aromatic nitrogens is 1. The van der Waals surface area contributed by atoms with Gasteiger partial charge >= 0.3 is 0 Å². The van der Waals surface area contributed by atoms with Gasteiger partial charge in [0.1, 0.15) is 5.82 Å². The first-order valence-corrected chi connectivity index (χ1v) is 7.49. The Bertz CT molecular complexity index is 387. The first kappa shape index (κ1) is 14.3. The fourth-order valence-electron chi connectivity index (χ4n) is 3.07. The lowest BCUT2D eigenvalue weighted by atomic mass is 9.85. The number of pyridine rings is 1. The van der Waals surface area contributed by atoms with E-state index in [0.29, 0.717) is 12.1 Å². The minimum Gasteiger partial charge on any atom is -0.356 e. The number of nitrogens with zero attached hydrogens (tertiary/aromatic N) is 2. The van der Waals surface area contributed by atoms with Gasteiger partial charge in [-0.05, 0) is 44.4 Å². The second-order valence-electron chi connectivity index (χ2n) is 5.90. The van der Waals surface area contributed by atoms with Gasteiger partial charge in [-0.15, -0.1) is 0 Å². The quantitative estimate of drug-likeness (QED) is 0.900. The molecular formula is C16H27N3. The molecule has 3 unspecified atom stereocenters. The first-order valence-electron chi connectivity index (χ1n) is 7.49. The highest BCUT2D eigenvalue weighted by atomic mass is 15.2. The first-order chi connectivity index (χ1) is 9.13. The van der Waals surface area contributed by atoms with Crippen LogP contribution in [0, 0.1) is 5.92 Å². The van der Waals surface area contributed by atoms with Crippen molar-refractivity contribution in [2.24, 2.45) is 5.92 Å². The Balaban J connectivity index is 2.08. The number of hydrogen-bond donors (Lipinski definition) is 1. The Kier molecular flexibility index (Phi) is 4.81. The molecule has 1 aromatic heterocycles. The van der Waals surface area contributed by atoms with Gasteiger partial charge in [0.15, 0.2) is 0 Å². The summed E-state index contributed by atoms with van der Waals surface area (Å²) in [6, 6.07) is 5.35. The van der Waals surface area contributed by atoms with Crippen LogP contribution in [0.25, 0.3) is 0 Å². The second-order valence-corrected chi connectivity index (χ2v) is 5.90. The van der Waals surface area contributed by atoms with Crippen LogP contribution in [0.15, 0.2) is 18.3 Å². The molecule has 0 bridgehead atoms. The van der Waals surface area contributed by atoms with Crippen LogP contribution in [0.4, 0.5) is 5.82 Å². The van der Waals surface area contributed by atoms with Crippen LogP contribution < -0.4 is 10.2 Å². The average molecular weight is 261 g/mol. The maximum atomic E-state index is 4.64. The molecule has 1 aromatic rings. The molecule has 1 aliphatic rings. The fourth-order valence-corrected chi connectivity index (χ4v) is 3.07. The number of nitrogens with one attached hydrogen (secondary N) is 1. The maximum Gasteiger partial charge on any atom is 0.128 e. The van der Waals surface area contributed by atoms with Gasteiger partial charge < -0.3 is 10.2 Å². The summed E-state index contributed by atoms with van der Waals surface area (Å²) in [4.78, 5) is 7.02. The third-order valence-corrected chi connectivity index (χ3v) is 4.63.